The van der Waals surface area contributed by atoms with Crippen molar-refractivity contribution in [3.63, 3.8) is 0 Å². The Morgan fingerprint density at radius 1 is 1.65 bits per heavy atom. The number of anilines is 2. The monoisotopic (exact) mass is 278 g/mol. The van der Waals surface area contributed by atoms with Crippen molar-refractivity contribution >= 4 is 23.4 Å². The number of likely N-dealkylation sites (tertiary alicyclic amines) is 1. The second-order valence-corrected chi connectivity index (χ2v) is 4.59. The van der Waals surface area contributed by atoms with E-state index in [4.69, 9.17) is 10.5 Å². The molecule has 1 atom stereocenters. The van der Waals surface area contributed by atoms with Gasteiger partial charge in [0.1, 0.15) is 6.04 Å². The number of carbonyl (C=O) groups is 2. The number of ether oxygens (including phenoxy) is 1. The summed E-state index contributed by atoms with van der Waals surface area (Å²) >= 11 is 0. The van der Waals surface area contributed by atoms with E-state index in [1.165, 1.54) is 12.3 Å². The molecule has 1 aliphatic heterocycles. The molecule has 0 aliphatic carbocycles. The first-order chi connectivity index (χ1) is 9.54. The van der Waals surface area contributed by atoms with Crippen LogP contribution in [0.1, 0.15) is 23.7 Å². The minimum absolute atomic E-state index is 0.00672. The number of hydrogen-bond acceptors (Lipinski definition) is 6. The Kier molecular flexibility index (Phi) is 4.07. The summed E-state index contributed by atoms with van der Waals surface area (Å²) in [7, 11) is 1.75. The lowest BCUT2D eigenvalue weighted by Gasteiger charge is -2.15. The maximum absolute atomic E-state index is 11.8. The predicted octanol–water partition coefficient (Wildman–Crippen LogP) is 0.483. The van der Waals surface area contributed by atoms with Gasteiger partial charge in [-0.1, -0.05) is 0 Å². The van der Waals surface area contributed by atoms with Gasteiger partial charge in [-0.2, -0.15) is 0 Å². The Morgan fingerprint density at radius 2 is 2.40 bits per heavy atom. The Labute approximate surface area is 117 Å². The Bertz CT molecular complexity index is 532. The molecule has 0 spiro atoms. The van der Waals surface area contributed by atoms with Crippen molar-refractivity contribution in [2.45, 2.75) is 19.4 Å². The predicted molar refractivity (Wildman–Crippen MR) is 74.3 cm³/mol. The maximum Gasteiger partial charge on any atom is 0.340 e. The highest BCUT2D eigenvalue weighted by Crippen LogP contribution is 2.23. The van der Waals surface area contributed by atoms with Crippen LogP contribution < -0.4 is 11.1 Å². The van der Waals surface area contributed by atoms with Gasteiger partial charge in [-0.15, -0.1) is 0 Å². The number of likely N-dealkylation sites (N-methyl/N-ethyl adjacent to an activating group) is 1. The zero-order valence-electron chi connectivity index (χ0n) is 11.5. The smallest absolute Gasteiger partial charge is 0.340 e. The standard InChI is InChI=1S/C13H18N4O3/c1-3-20-13(19)8-4-6-15-11(10(8)14)16-9-5-7-17(2)12(9)18/h4,6,9H,3,5,7,14H2,1-2H3,(H,15,16). The van der Waals surface area contributed by atoms with E-state index in [1.807, 2.05) is 0 Å². The topological polar surface area (TPSA) is 97.5 Å². The van der Waals surface area contributed by atoms with Crippen LogP contribution in [-0.2, 0) is 9.53 Å². The number of amides is 1. The third kappa shape index (κ3) is 2.66. The van der Waals surface area contributed by atoms with E-state index in [2.05, 4.69) is 10.3 Å². The fourth-order valence-electron chi connectivity index (χ4n) is 2.10. The first-order valence-electron chi connectivity index (χ1n) is 6.47. The average molecular weight is 278 g/mol. The molecule has 1 aliphatic rings. The molecule has 1 saturated heterocycles. The van der Waals surface area contributed by atoms with Crippen LogP contribution in [0.3, 0.4) is 0 Å². The van der Waals surface area contributed by atoms with Gasteiger partial charge < -0.3 is 20.7 Å². The van der Waals surface area contributed by atoms with E-state index in [0.29, 0.717) is 18.8 Å². The normalized spacial score (nSPS) is 18.2. The van der Waals surface area contributed by atoms with Crippen molar-refractivity contribution < 1.29 is 14.3 Å². The van der Waals surface area contributed by atoms with Crippen molar-refractivity contribution in [3.8, 4) is 0 Å². The summed E-state index contributed by atoms with van der Waals surface area (Å²) in [5, 5.41) is 2.99. The minimum atomic E-state index is -0.495. The molecule has 0 saturated carbocycles. The Balaban J connectivity index is 2.19. The van der Waals surface area contributed by atoms with Crippen molar-refractivity contribution in [2.75, 3.05) is 31.2 Å². The molecule has 108 valence electrons. The van der Waals surface area contributed by atoms with Crippen molar-refractivity contribution in [3.05, 3.63) is 17.8 Å². The van der Waals surface area contributed by atoms with E-state index < -0.39 is 5.97 Å². The highest BCUT2D eigenvalue weighted by molar-refractivity contribution is 5.98. The van der Waals surface area contributed by atoms with Crippen LogP contribution in [0.15, 0.2) is 12.3 Å². The lowest BCUT2D eigenvalue weighted by molar-refractivity contribution is -0.127. The number of nitrogen functional groups attached to an aromatic ring is 1. The number of nitrogens with zero attached hydrogens (tertiary/aromatic N) is 2. The second kappa shape index (κ2) is 5.77. The summed E-state index contributed by atoms with van der Waals surface area (Å²) in [5.74, 6) is -0.165. The molecule has 2 heterocycles. The zero-order valence-corrected chi connectivity index (χ0v) is 11.5. The van der Waals surface area contributed by atoms with Crippen LogP contribution in [0.4, 0.5) is 11.5 Å². The number of hydrogen-bond donors (Lipinski definition) is 2. The average Bonchev–Trinajstić information content (AvgIpc) is 2.73. The van der Waals surface area contributed by atoms with Gasteiger partial charge >= 0.3 is 5.97 Å². The highest BCUT2D eigenvalue weighted by atomic mass is 16.5. The van der Waals surface area contributed by atoms with Crippen LogP contribution in [-0.4, -0.2) is 48.0 Å². The van der Waals surface area contributed by atoms with Crippen LogP contribution >= 0.6 is 0 Å². The van der Waals surface area contributed by atoms with Gasteiger partial charge in [0, 0.05) is 19.8 Å². The van der Waals surface area contributed by atoms with E-state index in [1.54, 1.807) is 18.9 Å². The third-order valence-electron chi connectivity index (χ3n) is 3.22. The molecular formula is C13H18N4O3. The van der Waals surface area contributed by atoms with Crippen molar-refractivity contribution in [1.82, 2.24) is 9.88 Å². The molecule has 7 nitrogen and oxygen atoms in total. The van der Waals surface area contributed by atoms with Crippen LogP contribution in [0, 0.1) is 0 Å². The highest BCUT2D eigenvalue weighted by Gasteiger charge is 2.30. The molecular weight excluding hydrogens is 260 g/mol. The first kappa shape index (κ1) is 14.1. The zero-order chi connectivity index (χ0) is 14.7. The van der Waals surface area contributed by atoms with Gasteiger partial charge in [-0.05, 0) is 19.4 Å². The molecule has 1 aromatic rings. The second-order valence-electron chi connectivity index (χ2n) is 4.59. The Hall–Kier alpha value is -2.31. The molecule has 1 unspecified atom stereocenters. The summed E-state index contributed by atoms with van der Waals surface area (Å²) in [6.07, 6.45) is 2.15. The van der Waals surface area contributed by atoms with E-state index in [-0.39, 0.29) is 29.8 Å². The van der Waals surface area contributed by atoms with Gasteiger partial charge in [-0.25, -0.2) is 9.78 Å². The summed E-state index contributed by atoms with van der Waals surface area (Å²) in [4.78, 5) is 29.3. The van der Waals surface area contributed by atoms with E-state index >= 15 is 0 Å². The number of nitrogens with two attached hydrogens (primary N) is 1. The summed E-state index contributed by atoms with van der Waals surface area (Å²) in [6, 6.07) is 1.15. The minimum Gasteiger partial charge on any atom is -0.462 e. The van der Waals surface area contributed by atoms with Gasteiger partial charge in [-0.3, -0.25) is 4.79 Å². The fourth-order valence-corrected chi connectivity index (χ4v) is 2.10. The van der Waals surface area contributed by atoms with Gasteiger partial charge in [0.05, 0.1) is 17.9 Å². The lowest BCUT2D eigenvalue weighted by atomic mass is 10.2. The molecule has 0 aromatic carbocycles. The fraction of sp³-hybridized carbons (Fsp3) is 0.462. The maximum atomic E-state index is 11.8. The van der Waals surface area contributed by atoms with E-state index in [0.717, 1.165) is 0 Å². The molecule has 1 aromatic heterocycles. The van der Waals surface area contributed by atoms with E-state index in [9.17, 15) is 9.59 Å². The number of aromatic nitrogens is 1. The van der Waals surface area contributed by atoms with Crippen LogP contribution in [0.2, 0.25) is 0 Å². The van der Waals surface area contributed by atoms with Crippen molar-refractivity contribution in [1.29, 1.82) is 0 Å². The number of carbonyl (C=O) groups excluding carboxylic acids is 2. The number of rotatable bonds is 4. The number of pyridine rings is 1. The third-order valence-corrected chi connectivity index (χ3v) is 3.22. The molecule has 20 heavy (non-hydrogen) atoms. The molecule has 2 rings (SSSR count). The first-order valence-corrected chi connectivity index (χ1v) is 6.47. The summed E-state index contributed by atoms with van der Waals surface area (Å²) in [6.45, 7) is 2.69. The van der Waals surface area contributed by atoms with Gasteiger partial charge in [0.2, 0.25) is 5.91 Å². The summed E-state index contributed by atoms with van der Waals surface area (Å²) in [5.41, 5.74) is 6.38. The molecule has 0 radical (unpaired) electrons. The van der Waals surface area contributed by atoms with Gasteiger partial charge in [0.25, 0.3) is 0 Å². The van der Waals surface area contributed by atoms with Crippen LogP contribution in [0.25, 0.3) is 0 Å². The Morgan fingerprint density at radius 3 is 3.00 bits per heavy atom. The number of esters is 1. The molecule has 7 heteroatoms. The molecule has 1 fully saturated rings. The van der Waals surface area contributed by atoms with Gasteiger partial charge in [0.15, 0.2) is 5.82 Å². The summed E-state index contributed by atoms with van der Waals surface area (Å²) < 4.78 is 4.92. The molecule has 1 amide bonds. The molecule has 3 N–H and O–H groups in total. The van der Waals surface area contributed by atoms with Crippen LogP contribution in [0.5, 0.6) is 0 Å². The number of nitrogens with one attached hydrogen (secondary N) is 1. The SMILES string of the molecule is CCOC(=O)c1ccnc(NC2CCN(C)C2=O)c1N. The quantitative estimate of drug-likeness (QED) is 0.778. The lowest BCUT2D eigenvalue weighted by Crippen LogP contribution is -2.31. The largest absolute Gasteiger partial charge is 0.462 e. The molecule has 0 bridgehead atoms. The van der Waals surface area contributed by atoms with Crippen molar-refractivity contribution in [2.24, 2.45) is 0 Å².